The fraction of sp³-hybridized carbons (Fsp3) is 0.373. The number of alkyl halides is 9. The first-order valence-electron chi connectivity index (χ1n) is 38.1. The lowest BCUT2D eigenvalue weighted by Crippen LogP contribution is -2.57. The van der Waals surface area contributed by atoms with E-state index in [0.29, 0.717) is 75.0 Å². The first-order chi connectivity index (χ1) is 56.0. The molecule has 16 N–H and O–H groups in total. The molecule has 4 fully saturated rings. The number of nitrogens with zero attached hydrogens (tertiary/aromatic N) is 11. The summed E-state index contributed by atoms with van der Waals surface area (Å²) in [6, 6.07) is 32.2. The standard InChI is InChI=1S/C24H23N5O.2C20H24F3N5O2.C19H22F3N5O.13H2/c1-2-7-18-11-12-21(28-22(18)23(30)19-10-6-13-27-24(19)25)29-15-14-26-20(16-29)17-8-4-3-5-9-17;1-19(2,30)10-12-11-28(9-8-25-12)15-6-5-14(20(21,22)23)16(27-15)17(29)13-4-3-7-26-18(13)24;1-11(2)17(29)14-10-28(9-8-25-14)15-6-5-13(20(21,22)23)16(27-15)18(30)12-4-3-7-26-19(12)24;20-19(21,22)14-7-8-15(26-10-11-3-5-12(23)6-4-11)27-16(14)17(28)13-2-1-9-25-18(13)24;;;;;;;;;;;;;/h3-6,8-13,20,26H,14-16H2,1H3,(H2,25,27);3-7,12,25,30H,8-11H2,1-2H3,(H2,24,26);3-7,11,14,17,25,29H,8-10H2,1-2H3,(H2,24,26);1-2,7-9,11-12H,3-6,10,23H2,(H2,24,25)(H,26,27);13*1H/t20-;;;;;;;;;;;;;;;;/m1................/s1. The number of ketones is 4. The number of nitrogens with one attached hydrogen (secondary N) is 4. The summed E-state index contributed by atoms with van der Waals surface area (Å²) in [5.41, 5.74) is 24.6. The first-order valence-corrected chi connectivity index (χ1v) is 38.1. The molecule has 4 atom stereocenters. The Morgan fingerprint density at radius 2 is 0.932 bits per heavy atom. The smallest absolute Gasteiger partial charge is 0.391 e. The number of anilines is 8. The van der Waals surface area contributed by atoms with Crippen LogP contribution in [0, 0.1) is 23.7 Å². The van der Waals surface area contributed by atoms with Gasteiger partial charge in [-0.15, -0.1) is 5.92 Å². The Kier molecular flexibility index (Phi) is 29.2. The average molecular weight is 1660 g/mol. The number of nitrogens with two attached hydrogens (primary N) is 5. The van der Waals surface area contributed by atoms with Gasteiger partial charge in [0.2, 0.25) is 23.1 Å². The highest BCUT2D eigenvalue weighted by Gasteiger charge is 2.42. The van der Waals surface area contributed by atoms with Crippen molar-refractivity contribution in [1.82, 2.24) is 55.8 Å². The van der Waals surface area contributed by atoms with E-state index in [1.54, 1.807) is 48.9 Å². The molecule has 0 amide bonds. The van der Waals surface area contributed by atoms with Crippen LogP contribution in [-0.4, -0.2) is 168 Å². The van der Waals surface area contributed by atoms with Crippen LogP contribution in [0.5, 0.6) is 0 Å². The minimum Gasteiger partial charge on any atom is -0.391 e. The molecule has 35 heteroatoms. The van der Waals surface area contributed by atoms with Gasteiger partial charge in [0.1, 0.15) is 69.3 Å². The summed E-state index contributed by atoms with van der Waals surface area (Å²) in [4.78, 5) is 89.6. The van der Waals surface area contributed by atoms with Crippen LogP contribution in [0.25, 0.3) is 0 Å². The Bertz CT molecular complexity index is 5120. The maximum absolute atomic E-state index is 13.6. The number of hydrogen-bond acceptors (Lipinski definition) is 26. The van der Waals surface area contributed by atoms with Crippen LogP contribution < -0.4 is 64.6 Å². The van der Waals surface area contributed by atoms with Crippen molar-refractivity contribution in [2.45, 2.75) is 121 Å². The number of carbonyl (C=O) groups excluding carboxylic acids is 4. The number of pyridine rings is 8. The Hall–Kier alpha value is -11.8. The molecule has 650 valence electrons. The zero-order chi connectivity index (χ0) is 85.4. The third kappa shape index (κ3) is 23.1. The zero-order valence-electron chi connectivity index (χ0n) is 65.3. The maximum atomic E-state index is 13.6. The molecule has 0 spiro atoms. The lowest BCUT2D eigenvalue weighted by molar-refractivity contribution is -0.138. The number of piperazine rings is 3. The maximum Gasteiger partial charge on any atom is 0.418 e. The van der Waals surface area contributed by atoms with Crippen molar-refractivity contribution in [3.63, 3.8) is 0 Å². The lowest BCUT2D eigenvalue weighted by atomic mass is 9.86. The number of halogens is 9. The Morgan fingerprint density at radius 1 is 0.525 bits per heavy atom. The monoisotopic (exact) mass is 1660 g/mol. The van der Waals surface area contributed by atoms with Crippen molar-refractivity contribution in [2.75, 3.05) is 108 Å². The molecule has 1 aromatic carbocycles. The van der Waals surface area contributed by atoms with E-state index in [-0.39, 0.29) is 112 Å². The number of rotatable bonds is 19. The van der Waals surface area contributed by atoms with Gasteiger partial charge in [-0.2, -0.15) is 39.5 Å². The number of aliphatic hydroxyl groups excluding tert-OH is 1. The molecule has 1 saturated carbocycles. The number of aromatic nitrogens is 8. The van der Waals surface area contributed by atoms with E-state index in [1.165, 1.54) is 78.8 Å². The highest BCUT2D eigenvalue weighted by Crippen LogP contribution is 2.38. The van der Waals surface area contributed by atoms with Gasteiger partial charge in [0, 0.05) is 127 Å². The molecule has 8 aromatic heterocycles. The minimum absolute atomic E-state index is 0. The van der Waals surface area contributed by atoms with Crippen molar-refractivity contribution in [3.05, 3.63) is 225 Å². The van der Waals surface area contributed by atoms with Gasteiger partial charge in [-0.3, -0.25) is 19.2 Å². The summed E-state index contributed by atoms with van der Waals surface area (Å²) in [7, 11) is 0. The molecule has 3 saturated heterocycles. The van der Waals surface area contributed by atoms with E-state index < -0.39 is 81.4 Å². The normalized spacial score (nSPS) is 18.0. The van der Waals surface area contributed by atoms with Gasteiger partial charge >= 0.3 is 18.5 Å². The SMILES string of the molecule is CC#Cc1ccc(N2CCN[C@@H](c3ccccc3)C2)nc1C(=O)c1cccnc1N.CC(C)(O)CC1CN(c2ccc(C(F)(F)F)c(C(=O)c3cccnc3N)n2)CCN1.CC(C)C(O)C1CN(c2ccc(C(F)(F)F)c(C(=O)c3cccnc3N)n2)CCN1.Nc1ncccc1C(=O)c1nc(NCC2CCC(N)CC2)ccc1C(F)(F)F.[HH].[HH].[HH].[HH].[HH].[HH].[HH].[HH].[HH].[HH].[HH].[HH].[HH]. The lowest BCUT2D eigenvalue weighted by Gasteiger charge is -2.38. The summed E-state index contributed by atoms with van der Waals surface area (Å²) in [5.74, 6) is 4.37. The average Bonchev–Trinajstić information content (AvgIpc) is 0.753. The van der Waals surface area contributed by atoms with E-state index in [1.807, 2.05) is 44.2 Å². The third-order valence-corrected chi connectivity index (χ3v) is 20.0. The van der Waals surface area contributed by atoms with E-state index in [9.17, 15) is 68.9 Å². The molecule has 118 heavy (non-hydrogen) atoms. The molecule has 3 aliphatic heterocycles. The highest BCUT2D eigenvalue weighted by atomic mass is 19.4. The van der Waals surface area contributed by atoms with Gasteiger partial charge in [-0.05, 0) is 167 Å². The van der Waals surface area contributed by atoms with Gasteiger partial charge in [-0.25, -0.2) is 39.9 Å². The summed E-state index contributed by atoms with van der Waals surface area (Å²) < 4.78 is 122. The fourth-order valence-electron chi connectivity index (χ4n) is 14.0. The van der Waals surface area contributed by atoms with Gasteiger partial charge in [0.15, 0.2) is 0 Å². The molecular formula is C83H119F9N20O6. The minimum atomic E-state index is -4.76. The molecule has 26 nitrogen and oxygen atoms in total. The molecule has 0 bridgehead atoms. The van der Waals surface area contributed by atoms with Crippen LogP contribution in [-0.2, 0) is 18.5 Å². The molecule has 13 rings (SSSR count). The van der Waals surface area contributed by atoms with Crippen molar-refractivity contribution in [1.29, 1.82) is 0 Å². The van der Waals surface area contributed by atoms with E-state index in [2.05, 4.69) is 85.0 Å². The summed E-state index contributed by atoms with van der Waals surface area (Å²) in [5, 5.41) is 33.5. The van der Waals surface area contributed by atoms with Crippen LogP contribution >= 0.6 is 0 Å². The van der Waals surface area contributed by atoms with E-state index >= 15 is 0 Å². The van der Waals surface area contributed by atoms with Crippen LogP contribution in [0.3, 0.4) is 0 Å². The Labute approximate surface area is 694 Å². The van der Waals surface area contributed by atoms with Crippen LogP contribution in [0.4, 0.5) is 86.1 Å². The second-order valence-corrected chi connectivity index (χ2v) is 29.6. The topological polar surface area (TPSA) is 400 Å². The predicted molar refractivity (Wildman–Crippen MR) is 458 cm³/mol. The summed E-state index contributed by atoms with van der Waals surface area (Å²) >= 11 is 0. The van der Waals surface area contributed by atoms with Crippen molar-refractivity contribution >= 4 is 69.7 Å². The number of nitrogen functional groups attached to an aromatic ring is 4. The second kappa shape index (κ2) is 39.0. The molecule has 4 aliphatic rings. The van der Waals surface area contributed by atoms with Gasteiger partial charge in [-0.1, -0.05) is 50.1 Å². The fourth-order valence-corrected chi connectivity index (χ4v) is 14.0. The molecule has 9 aromatic rings. The molecule has 11 heterocycles. The third-order valence-electron chi connectivity index (χ3n) is 20.0. The number of benzene rings is 1. The Balaban J connectivity index is -0.000000795. The molecule has 0 radical (unpaired) electrons. The first kappa shape index (κ1) is 88.6. The number of hydrogen-bond donors (Lipinski definition) is 11. The van der Waals surface area contributed by atoms with Crippen LogP contribution in [0.1, 0.15) is 183 Å². The van der Waals surface area contributed by atoms with Crippen molar-refractivity contribution < 1.29 is 87.5 Å². The molecule has 1 aliphatic carbocycles. The quantitative estimate of drug-likeness (QED) is 0.0203. The van der Waals surface area contributed by atoms with E-state index in [0.717, 1.165) is 69.3 Å². The van der Waals surface area contributed by atoms with Crippen molar-refractivity contribution in [3.8, 4) is 11.8 Å². The number of aliphatic hydroxyl groups is 2. The molecule has 3 unspecified atom stereocenters. The van der Waals surface area contributed by atoms with E-state index in [4.69, 9.17) is 33.7 Å². The summed E-state index contributed by atoms with van der Waals surface area (Å²) in [6.07, 6.45) is -5.01. The molecular weight excluding hydrogens is 1540 g/mol. The van der Waals surface area contributed by atoms with Crippen molar-refractivity contribution in [2.24, 2.45) is 17.6 Å². The van der Waals surface area contributed by atoms with Gasteiger partial charge in [0.25, 0.3) is 0 Å². The van der Waals surface area contributed by atoms with Crippen LogP contribution in [0.15, 0.2) is 152 Å². The van der Waals surface area contributed by atoms with Gasteiger partial charge in [0.05, 0.1) is 62.3 Å². The zero-order valence-corrected chi connectivity index (χ0v) is 65.3. The predicted octanol–water partition coefficient (Wildman–Crippen LogP) is 13.6. The number of carbonyl (C=O) groups is 4. The summed E-state index contributed by atoms with van der Waals surface area (Å²) in [6.45, 7) is 14.7. The second-order valence-electron chi connectivity index (χ2n) is 29.6. The highest BCUT2D eigenvalue weighted by molar-refractivity contribution is 6.14. The largest absolute Gasteiger partial charge is 0.418 e. The Morgan fingerprint density at radius 3 is 1.37 bits per heavy atom. The van der Waals surface area contributed by atoms with Gasteiger partial charge < -0.3 is 74.8 Å². The van der Waals surface area contributed by atoms with Crippen LogP contribution in [0.2, 0.25) is 0 Å².